The Balaban J connectivity index is 1.57. The third kappa shape index (κ3) is 4.99. The maximum absolute atomic E-state index is 12.9. The molecule has 2 heterocycles. The van der Waals surface area contributed by atoms with Gasteiger partial charge in [-0.25, -0.2) is 12.8 Å². The fraction of sp³-hybridized carbons (Fsp3) is 0.632. The van der Waals surface area contributed by atoms with Crippen LogP contribution in [0.15, 0.2) is 24.3 Å². The molecule has 6 nitrogen and oxygen atoms in total. The second-order valence-electron chi connectivity index (χ2n) is 7.39. The number of carbonyl (C=O) groups excluding carboxylic acids is 1. The van der Waals surface area contributed by atoms with Gasteiger partial charge in [0.1, 0.15) is 24.2 Å². The Bertz CT molecular complexity index is 745. The summed E-state index contributed by atoms with van der Waals surface area (Å²) in [5.74, 6) is 0.387. The molecule has 0 spiro atoms. The highest BCUT2D eigenvalue weighted by atomic mass is 32.2. The van der Waals surface area contributed by atoms with E-state index in [-0.39, 0.29) is 24.1 Å². The van der Waals surface area contributed by atoms with E-state index in [0.29, 0.717) is 44.1 Å². The van der Waals surface area contributed by atoms with Crippen molar-refractivity contribution in [1.29, 1.82) is 0 Å². The molecule has 1 amide bonds. The number of hydrogen-bond acceptors (Lipinski definition) is 4. The van der Waals surface area contributed by atoms with Crippen LogP contribution in [0.25, 0.3) is 0 Å². The number of rotatable bonds is 6. The van der Waals surface area contributed by atoms with Crippen molar-refractivity contribution in [2.24, 2.45) is 5.92 Å². The first-order valence-electron chi connectivity index (χ1n) is 9.53. The van der Waals surface area contributed by atoms with Crippen LogP contribution in [0.2, 0.25) is 0 Å². The topological polar surface area (TPSA) is 66.9 Å². The van der Waals surface area contributed by atoms with Crippen molar-refractivity contribution in [2.45, 2.75) is 38.6 Å². The zero-order valence-electron chi connectivity index (χ0n) is 15.6. The number of sulfonamides is 1. The Morgan fingerprint density at radius 1 is 1.15 bits per heavy atom. The molecule has 3 rings (SSSR count). The maximum atomic E-state index is 12.9. The van der Waals surface area contributed by atoms with E-state index in [1.807, 2.05) is 4.90 Å². The number of piperidine rings is 1. The van der Waals surface area contributed by atoms with Crippen LogP contribution < -0.4 is 4.74 Å². The van der Waals surface area contributed by atoms with Gasteiger partial charge in [0.05, 0.1) is 5.75 Å². The van der Waals surface area contributed by atoms with Gasteiger partial charge in [0, 0.05) is 19.6 Å². The average molecular weight is 399 g/mol. The van der Waals surface area contributed by atoms with Gasteiger partial charge in [-0.05, 0) is 55.9 Å². The standard InChI is InChI=1S/C19H27FN2O4S/c1-15-8-11-21(12-9-15)19(23)18-3-2-10-22(18)27(24,25)14-13-26-17-6-4-16(20)5-7-17/h4-7,15,18H,2-3,8-14H2,1H3/t18-/m0/s1. The van der Waals surface area contributed by atoms with Crippen molar-refractivity contribution in [3.8, 4) is 5.75 Å². The van der Waals surface area contributed by atoms with E-state index >= 15 is 0 Å². The molecule has 2 aliphatic rings. The lowest BCUT2D eigenvalue weighted by molar-refractivity contribution is -0.135. The van der Waals surface area contributed by atoms with Crippen molar-refractivity contribution in [3.63, 3.8) is 0 Å². The highest BCUT2D eigenvalue weighted by Gasteiger charge is 2.40. The average Bonchev–Trinajstić information content (AvgIpc) is 3.14. The van der Waals surface area contributed by atoms with Gasteiger partial charge >= 0.3 is 0 Å². The van der Waals surface area contributed by atoms with E-state index in [4.69, 9.17) is 4.74 Å². The van der Waals surface area contributed by atoms with E-state index in [1.54, 1.807) is 0 Å². The molecule has 1 aromatic carbocycles. The second kappa shape index (κ2) is 8.56. The SMILES string of the molecule is CC1CCN(C(=O)[C@@H]2CCCN2S(=O)(=O)CCOc2ccc(F)cc2)CC1. The van der Waals surface area contributed by atoms with Crippen molar-refractivity contribution < 1.29 is 22.3 Å². The molecule has 1 aromatic rings. The minimum atomic E-state index is -3.60. The molecule has 150 valence electrons. The number of ether oxygens (including phenoxy) is 1. The Hall–Kier alpha value is -1.67. The largest absolute Gasteiger partial charge is 0.492 e. The molecule has 2 saturated heterocycles. The van der Waals surface area contributed by atoms with Crippen LogP contribution >= 0.6 is 0 Å². The number of benzene rings is 1. The predicted molar refractivity (Wildman–Crippen MR) is 100 cm³/mol. The van der Waals surface area contributed by atoms with E-state index in [9.17, 15) is 17.6 Å². The lowest BCUT2D eigenvalue weighted by Gasteiger charge is -2.34. The third-order valence-electron chi connectivity index (χ3n) is 5.37. The molecule has 2 aliphatic heterocycles. The van der Waals surface area contributed by atoms with Gasteiger partial charge in [-0.15, -0.1) is 0 Å². The molecule has 0 saturated carbocycles. The van der Waals surface area contributed by atoms with Crippen molar-refractivity contribution in [3.05, 3.63) is 30.1 Å². The van der Waals surface area contributed by atoms with E-state index in [2.05, 4.69) is 6.92 Å². The van der Waals surface area contributed by atoms with Gasteiger partial charge < -0.3 is 9.64 Å². The molecular formula is C19H27FN2O4S. The fourth-order valence-corrected chi connectivity index (χ4v) is 5.19. The molecule has 2 fully saturated rings. The van der Waals surface area contributed by atoms with Crippen LogP contribution in [0.3, 0.4) is 0 Å². The summed E-state index contributed by atoms with van der Waals surface area (Å²) in [6, 6.07) is 4.86. The molecule has 0 unspecified atom stereocenters. The van der Waals surface area contributed by atoms with Crippen LogP contribution in [-0.4, -0.2) is 61.6 Å². The van der Waals surface area contributed by atoms with Gasteiger partial charge in [-0.3, -0.25) is 4.79 Å². The normalized spacial score (nSPS) is 22.1. The second-order valence-corrected chi connectivity index (χ2v) is 9.44. The van der Waals surface area contributed by atoms with Crippen molar-refractivity contribution in [2.75, 3.05) is 32.0 Å². The van der Waals surface area contributed by atoms with Gasteiger partial charge in [0.2, 0.25) is 15.9 Å². The fourth-order valence-electron chi connectivity index (χ4n) is 3.67. The van der Waals surface area contributed by atoms with Crippen LogP contribution in [0, 0.1) is 11.7 Å². The van der Waals surface area contributed by atoms with Gasteiger partial charge in [-0.2, -0.15) is 4.31 Å². The molecule has 0 radical (unpaired) electrons. The Morgan fingerprint density at radius 2 is 1.81 bits per heavy atom. The van der Waals surface area contributed by atoms with Crippen LogP contribution in [-0.2, 0) is 14.8 Å². The van der Waals surface area contributed by atoms with Crippen LogP contribution in [0.5, 0.6) is 5.75 Å². The summed E-state index contributed by atoms with van der Waals surface area (Å²) >= 11 is 0. The Kier molecular flexibility index (Phi) is 6.37. The summed E-state index contributed by atoms with van der Waals surface area (Å²) in [6.07, 6.45) is 3.20. The Morgan fingerprint density at radius 3 is 2.48 bits per heavy atom. The summed E-state index contributed by atoms with van der Waals surface area (Å²) in [6.45, 7) is 3.93. The minimum absolute atomic E-state index is 0.0351. The molecule has 0 N–H and O–H groups in total. The van der Waals surface area contributed by atoms with Crippen molar-refractivity contribution >= 4 is 15.9 Å². The van der Waals surface area contributed by atoms with E-state index in [0.717, 1.165) is 12.8 Å². The van der Waals surface area contributed by atoms with Gasteiger partial charge in [-0.1, -0.05) is 6.92 Å². The van der Waals surface area contributed by atoms with E-state index in [1.165, 1.54) is 28.6 Å². The highest BCUT2D eigenvalue weighted by molar-refractivity contribution is 7.89. The summed E-state index contributed by atoms with van der Waals surface area (Å²) in [4.78, 5) is 14.7. The van der Waals surface area contributed by atoms with E-state index < -0.39 is 16.1 Å². The summed E-state index contributed by atoms with van der Waals surface area (Å²) < 4.78 is 45.1. The summed E-state index contributed by atoms with van der Waals surface area (Å²) in [7, 11) is -3.60. The predicted octanol–water partition coefficient (Wildman–Crippen LogP) is 2.26. The first-order valence-corrected chi connectivity index (χ1v) is 11.1. The first-order chi connectivity index (χ1) is 12.9. The number of halogens is 1. The number of nitrogens with zero attached hydrogens (tertiary/aromatic N) is 2. The minimum Gasteiger partial charge on any atom is -0.492 e. The number of hydrogen-bond donors (Lipinski definition) is 0. The monoisotopic (exact) mass is 398 g/mol. The Labute approximate surface area is 160 Å². The van der Waals surface area contributed by atoms with Crippen LogP contribution in [0.4, 0.5) is 4.39 Å². The van der Waals surface area contributed by atoms with Gasteiger partial charge in [0.15, 0.2) is 0 Å². The molecular weight excluding hydrogens is 371 g/mol. The molecule has 0 aromatic heterocycles. The third-order valence-corrected chi connectivity index (χ3v) is 7.20. The number of carbonyl (C=O) groups is 1. The number of likely N-dealkylation sites (tertiary alicyclic amines) is 1. The molecule has 0 bridgehead atoms. The lowest BCUT2D eigenvalue weighted by atomic mass is 9.98. The first kappa shape index (κ1) is 20.1. The quantitative estimate of drug-likeness (QED) is 0.737. The number of amides is 1. The zero-order chi connectivity index (χ0) is 19.4. The molecule has 8 heteroatoms. The highest BCUT2D eigenvalue weighted by Crippen LogP contribution is 2.25. The van der Waals surface area contributed by atoms with Crippen LogP contribution in [0.1, 0.15) is 32.6 Å². The van der Waals surface area contributed by atoms with Crippen molar-refractivity contribution in [1.82, 2.24) is 9.21 Å². The van der Waals surface area contributed by atoms with Gasteiger partial charge in [0.25, 0.3) is 0 Å². The summed E-state index contributed by atoms with van der Waals surface area (Å²) in [5.41, 5.74) is 0. The summed E-state index contributed by atoms with van der Waals surface area (Å²) in [5, 5.41) is 0. The molecule has 0 aliphatic carbocycles. The molecule has 27 heavy (non-hydrogen) atoms. The smallest absolute Gasteiger partial charge is 0.241 e. The molecule has 1 atom stereocenters. The zero-order valence-corrected chi connectivity index (χ0v) is 16.5. The lowest BCUT2D eigenvalue weighted by Crippen LogP contribution is -2.50. The maximum Gasteiger partial charge on any atom is 0.241 e.